The zero-order chi connectivity index (χ0) is 14.3. The fourth-order valence-corrected chi connectivity index (χ4v) is 1.72. The van der Waals surface area contributed by atoms with Gasteiger partial charge in [0.1, 0.15) is 0 Å². The molecular weight excluding hydrogens is 240 g/mol. The first-order valence-corrected chi connectivity index (χ1v) is 6.65. The van der Waals surface area contributed by atoms with Crippen LogP contribution in [-0.2, 0) is 4.79 Å². The Morgan fingerprint density at radius 1 is 1.16 bits per heavy atom. The van der Waals surface area contributed by atoms with Crippen molar-refractivity contribution < 1.29 is 9.59 Å². The van der Waals surface area contributed by atoms with E-state index in [1.54, 1.807) is 24.3 Å². The first-order valence-electron chi connectivity index (χ1n) is 6.65. The predicted molar refractivity (Wildman–Crippen MR) is 77.2 cm³/mol. The summed E-state index contributed by atoms with van der Waals surface area (Å²) in [5.41, 5.74) is 1.31. The van der Waals surface area contributed by atoms with Crippen LogP contribution in [0.15, 0.2) is 24.3 Å². The number of amides is 2. The summed E-state index contributed by atoms with van der Waals surface area (Å²) < 4.78 is 0. The van der Waals surface area contributed by atoms with Gasteiger partial charge in [0.2, 0.25) is 5.91 Å². The van der Waals surface area contributed by atoms with E-state index in [1.165, 1.54) is 6.92 Å². The van der Waals surface area contributed by atoms with E-state index in [2.05, 4.69) is 24.5 Å². The molecule has 1 rings (SSSR count). The lowest BCUT2D eigenvalue weighted by Crippen LogP contribution is -2.24. The fraction of sp³-hybridized carbons (Fsp3) is 0.467. The Balaban J connectivity index is 2.42. The minimum atomic E-state index is -0.120. The highest BCUT2D eigenvalue weighted by Gasteiger charge is 2.05. The summed E-state index contributed by atoms with van der Waals surface area (Å²) in [5, 5.41) is 5.55. The molecule has 19 heavy (non-hydrogen) atoms. The maximum atomic E-state index is 11.8. The molecule has 104 valence electrons. The average Bonchev–Trinajstić information content (AvgIpc) is 2.34. The van der Waals surface area contributed by atoms with Crippen LogP contribution in [0.2, 0.25) is 0 Å². The molecule has 2 N–H and O–H groups in total. The SMILES string of the molecule is CC(=O)Nc1ccc(C(=O)NCCCC(C)C)cc1. The molecule has 0 unspecified atom stereocenters. The molecule has 0 atom stereocenters. The van der Waals surface area contributed by atoms with Crippen molar-refractivity contribution in [2.24, 2.45) is 5.92 Å². The number of hydrogen-bond acceptors (Lipinski definition) is 2. The Morgan fingerprint density at radius 2 is 1.79 bits per heavy atom. The molecule has 0 spiro atoms. The number of rotatable bonds is 6. The summed E-state index contributed by atoms with van der Waals surface area (Å²) >= 11 is 0. The summed E-state index contributed by atoms with van der Waals surface area (Å²) in [4.78, 5) is 22.7. The Labute approximate surface area is 114 Å². The van der Waals surface area contributed by atoms with Crippen LogP contribution in [0.25, 0.3) is 0 Å². The van der Waals surface area contributed by atoms with Gasteiger partial charge in [-0.2, -0.15) is 0 Å². The Hall–Kier alpha value is -1.84. The van der Waals surface area contributed by atoms with Gasteiger partial charge in [-0.1, -0.05) is 13.8 Å². The molecule has 4 nitrogen and oxygen atoms in total. The van der Waals surface area contributed by atoms with E-state index in [0.29, 0.717) is 23.7 Å². The second kappa shape index (κ2) is 7.56. The van der Waals surface area contributed by atoms with Gasteiger partial charge in [0.05, 0.1) is 0 Å². The van der Waals surface area contributed by atoms with Crippen molar-refractivity contribution in [2.45, 2.75) is 33.6 Å². The molecule has 0 aliphatic rings. The molecule has 0 heterocycles. The zero-order valence-electron chi connectivity index (χ0n) is 11.8. The third kappa shape index (κ3) is 6.04. The third-order valence-corrected chi connectivity index (χ3v) is 2.71. The largest absolute Gasteiger partial charge is 0.352 e. The smallest absolute Gasteiger partial charge is 0.251 e. The van der Waals surface area contributed by atoms with Gasteiger partial charge in [0, 0.05) is 24.7 Å². The summed E-state index contributed by atoms with van der Waals surface area (Å²) in [5.74, 6) is 0.470. The van der Waals surface area contributed by atoms with Crippen LogP contribution in [0.4, 0.5) is 5.69 Å². The van der Waals surface area contributed by atoms with Crippen LogP contribution in [0.1, 0.15) is 44.0 Å². The van der Waals surface area contributed by atoms with Crippen LogP contribution >= 0.6 is 0 Å². The maximum absolute atomic E-state index is 11.8. The molecule has 0 radical (unpaired) electrons. The number of carbonyl (C=O) groups excluding carboxylic acids is 2. The van der Waals surface area contributed by atoms with Gasteiger partial charge < -0.3 is 10.6 Å². The van der Waals surface area contributed by atoms with E-state index in [0.717, 1.165) is 12.8 Å². The Bertz CT molecular complexity index is 424. The highest BCUT2D eigenvalue weighted by Crippen LogP contribution is 2.09. The quantitative estimate of drug-likeness (QED) is 0.774. The van der Waals surface area contributed by atoms with Gasteiger partial charge in [0.25, 0.3) is 5.91 Å². The lowest BCUT2D eigenvalue weighted by molar-refractivity contribution is -0.114. The van der Waals surface area contributed by atoms with Gasteiger partial charge in [-0.25, -0.2) is 0 Å². The minimum Gasteiger partial charge on any atom is -0.352 e. The van der Waals surface area contributed by atoms with Crippen LogP contribution in [0.3, 0.4) is 0 Å². The van der Waals surface area contributed by atoms with Crippen molar-refractivity contribution in [2.75, 3.05) is 11.9 Å². The van der Waals surface area contributed by atoms with Crippen LogP contribution in [0.5, 0.6) is 0 Å². The lowest BCUT2D eigenvalue weighted by atomic mass is 10.1. The number of benzene rings is 1. The van der Waals surface area contributed by atoms with Crippen molar-refractivity contribution in [3.05, 3.63) is 29.8 Å². The fourth-order valence-electron chi connectivity index (χ4n) is 1.72. The molecule has 0 saturated heterocycles. The summed E-state index contributed by atoms with van der Waals surface area (Å²) in [6.07, 6.45) is 2.11. The molecular formula is C15H22N2O2. The molecule has 0 aliphatic carbocycles. The normalized spacial score (nSPS) is 10.3. The van der Waals surface area contributed by atoms with Crippen molar-refractivity contribution in [3.63, 3.8) is 0 Å². The van der Waals surface area contributed by atoms with Crippen molar-refractivity contribution in [1.29, 1.82) is 0 Å². The molecule has 4 heteroatoms. The molecule has 1 aromatic carbocycles. The van der Waals surface area contributed by atoms with Gasteiger partial charge in [-0.3, -0.25) is 9.59 Å². The van der Waals surface area contributed by atoms with E-state index in [9.17, 15) is 9.59 Å². The predicted octanol–water partition coefficient (Wildman–Crippen LogP) is 2.81. The van der Waals surface area contributed by atoms with Gasteiger partial charge >= 0.3 is 0 Å². The van der Waals surface area contributed by atoms with E-state index in [1.807, 2.05) is 0 Å². The van der Waals surface area contributed by atoms with Crippen molar-refractivity contribution in [1.82, 2.24) is 5.32 Å². The van der Waals surface area contributed by atoms with Gasteiger partial charge in [0.15, 0.2) is 0 Å². The second-order valence-corrected chi connectivity index (χ2v) is 5.05. The second-order valence-electron chi connectivity index (χ2n) is 5.05. The Kier molecular flexibility index (Phi) is 6.06. The standard InChI is InChI=1S/C15H22N2O2/c1-11(2)5-4-10-16-15(19)13-6-8-14(9-7-13)17-12(3)18/h6-9,11H,4-5,10H2,1-3H3,(H,16,19)(H,17,18). The first kappa shape index (κ1) is 15.2. The van der Waals surface area contributed by atoms with E-state index < -0.39 is 0 Å². The number of anilines is 1. The molecule has 0 fully saturated rings. The number of hydrogen-bond donors (Lipinski definition) is 2. The van der Waals surface area contributed by atoms with Crippen LogP contribution in [-0.4, -0.2) is 18.4 Å². The van der Waals surface area contributed by atoms with E-state index >= 15 is 0 Å². The van der Waals surface area contributed by atoms with Gasteiger partial charge in [-0.05, 0) is 43.0 Å². The van der Waals surface area contributed by atoms with Crippen molar-refractivity contribution >= 4 is 17.5 Å². The maximum Gasteiger partial charge on any atom is 0.251 e. The molecule has 1 aromatic rings. The number of nitrogens with one attached hydrogen (secondary N) is 2. The van der Waals surface area contributed by atoms with E-state index in [4.69, 9.17) is 0 Å². The third-order valence-electron chi connectivity index (χ3n) is 2.71. The van der Waals surface area contributed by atoms with Crippen LogP contribution < -0.4 is 10.6 Å². The average molecular weight is 262 g/mol. The summed E-state index contributed by atoms with van der Waals surface area (Å²) in [7, 11) is 0. The minimum absolute atomic E-state index is 0.0712. The molecule has 0 aliphatic heterocycles. The zero-order valence-corrected chi connectivity index (χ0v) is 11.8. The summed E-state index contributed by atoms with van der Waals surface area (Å²) in [6, 6.07) is 6.88. The molecule has 0 saturated carbocycles. The molecule has 2 amide bonds. The van der Waals surface area contributed by atoms with Gasteiger partial charge in [-0.15, -0.1) is 0 Å². The topological polar surface area (TPSA) is 58.2 Å². The molecule has 0 bridgehead atoms. The summed E-state index contributed by atoms with van der Waals surface area (Å²) in [6.45, 7) is 6.49. The highest BCUT2D eigenvalue weighted by molar-refractivity contribution is 5.95. The van der Waals surface area contributed by atoms with Crippen molar-refractivity contribution in [3.8, 4) is 0 Å². The Morgan fingerprint density at radius 3 is 2.32 bits per heavy atom. The van der Waals surface area contributed by atoms with E-state index in [-0.39, 0.29) is 11.8 Å². The first-order chi connectivity index (χ1) is 8.99. The highest BCUT2D eigenvalue weighted by atomic mass is 16.2. The van der Waals surface area contributed by atoms with Crippen LogP contribution in [0, 0.1) is 5.92 Å². The monoisotopic (exact) mass is 262 g/mol. The number of carbonyl (C=O) groups is 2. The lowest BCUT2D eigenvalue weighted by Gasteiger charge is -2.07. The molecule has 0 aromatic heterocycles.